The number of nitrogen functional groups attached to an aromatic ring is 1. The third-order valence-electron chi connectivity index (χ3n) is 1.86. The minimum Gasteiger partial charge on any atom is -0.481 e. The van der Waals surface area contributed by atoms with Gasteiger partial charge in [-0.15, -0.1) is 0 Å². The molecule has 0 saturated heterocycles. The number of benzene rings is 1. The van der Waals surface area contributed by atoms with E-state index in [4.69, 9.17) is 10.8 Å². The Bertz CT molecular complexity index is 421. The van der Waals surface area contributed by atoms with E-state index in [0.29, 0.717) is 0 Å². The largest absolute Gasteiger partial charge is 0.481 e. The van der Waals surface area contributed by atoms with Crippen molar-refractivity contribution >= 4 is 17.6 Å². The van der Waals surface area contributed by atoms with E-state index in [0.717, 1.165) is 6.07 Å². The quantitative estimate of drug-likeness (QED) is 0.656. The number of anilines is 1. The Morgan fingerprint density at radius 3 is 2.69 bits per heavy atom. The van der Waals surface area contributed by atoms with Crippen LogP contribution in [0.1, 0.15) is 16.8 Å². The molecule has 0 heterocycles. The van der Waals surface area contributed by atoms with Gasteiger partial charge in [0.05, 0.1) is 12.0 Å². The van der Waals surface area contributed by atoms with Crippen molar-refractivity contribution < 1.29 is 19.1 Å². The molecule has 6 heteroatoms. The minimum atomic E-state index is -1.03. The molecule has 5 nitrogen and oxygen atoms in total. The van der Waals surface area contributed by atoms with Crippen molar-refractivity contribution in [2.75, 3.05) is 12.3 Å². The van der Waals surface area contributed by atoms with Crippen LogP contribution in [0, 0.1) is 5.82 Å². The second kappa shape index (κ2) is 5.11. The molecule has 1 aromatic rings. The van der Waals surface area contributed by atoms with Gasteiger partial charge in [0.1, 0.15) is 5.82 Å². The molecular weight excluding hydrogens is 215 g/mol. The van der Waals surface area contributed by atoms with Gasteiger partial charge in [0.2, 0.25) is 0 Å². The number of carboxylic acids is 1. The van der Waals surface area contributed by atoms with Crippen LogP contribution in [0.4, 0.5) is 10.1 Å². The summed E-state index contributed by atoms with van der Waals surface area (Å²) >= 11 is 0. The summed E-state index contributed by atoms with van der Waals surface area (Å²) in [5.74, 6) is -2.41. The molecule has 0 spiro atoms. The molecule has 1 aromatic carbocycles. The zero-order valence-electron chi connectivity index (χ0n) is 8.37. The molecule has 0 atom stereocenters. The van der Waals surface area contributed by atoms with Crippen molar-refractivity contribution in [2.45, 2.75) is 6.42 Å². The predicted octanol–water partition coefficient (Wildman–Crippen LogP) is 0.612. The highest BCUT2D eigenvalue weighted by Crippen LogP contribution is 2.11. The molecule has 1 rings (SSSR count). The van der Waals surface area contributed by atoms with Crippen LogP contribution in [0.5, 0.6) is 0 Å². The van der Waals surface area contributed by atoms with E-state index in [1.54, 1.807) is 0 Å². The van der Waals surface area contributed by atoms with E-state index < -0.39 is 17.7 Å². The van der Waals surface area contributed by atoms with Crippen LogP contribution >= 0.6 is 0 Å². The summed E-state index contributed by atoms with van der Waals surface area (Å²) in [4.78, 5) is 21.6. The Balaban J connectivity index is 2.63. The summed E-state index contributed by atoms with van der Waals surface area (Å²) in [7, 11) is 0. The number of hydrogen-bond acceptors (Lipinski definition) is 3. The molecule has 4 N–H and O–H groups in total. The molecule has 0 aliphatic rings. The van der Waals surface area contributed by atoms with E-state index in [1.165, 1.54) is 12.1 Å². The summed E-state index contributed by atoms with van der Waals surface area (Å²) < 4.78 is 13.2. The Labute approximate surface area is 91.1 Å². The number of amides is 1. The lowest BCUT2D eigenvalue weighted by Gasteiger charge is -2.05. The number of carbonyl (C=O) groups excluding carboxylic acids is 1. The summed E-state index contributed by atoms with van der Waals surface area (Å²) in [6.07, 6.45) is -0.206. The number of hydrogen-bond donors (Lipinski definition) is 3. The average molecular weight is 226 g/mol. The van der Waals surface area contributed by atoms with Crippen LogP contribution in [0.25, 0.3) is 0 Å². The second-order valence-corrected chi connectivity index (χ2v) is 3.14. The first-order valence-corrected chi connectivity index (χ1v) is 4.55. The average Bonchev–Trinajstić information content (AvgIpc) is 2.16. The van der Waals surface area contributed by atoms with Gasteiger partial charge in [-0.05, 0) is 18.2 Å². The molecule has 1 amide bonds. The van der Waals surface area contributed by atoms with Gasteiger partial charge in [-0.3, -0.25) is 9.59 Å². The van der Waals surface area contributed by atoms with Crippen LogP contribution in [-0.4, -0.2) is 23.5 Å². The number of carboxylic acid groups (broad SMARTS) is 1. The Kier molecular flexibility index (Phi) is 3.82. The zero-order chi connectivity index (χ0) is 12.1. The van der Waals surface area contributed by atoms with Crippen LogP contribution in [0.2, 0.25) is 0 Å². The maximum absolute atomic E-state index is 13.2. The summed E-state index contributed by atoms with van der Waals surface area (Å²) in [5, 5.41) is 10.6. The molecule has 0 aliphatic carbocycles. The van der Waals surface area contributed by atoms with Crippen molar-refractivity contribution in [3.63, 3.8) is 0 Å². The van der Waals surface area contributed by atoms with Gasteiger partial charge in [0.15, 0.2) is 0 Å². The molecule has 0 bridgehead atoms. The number of halogens is 1. The molecule has 86 valence electrons. The summed E-state index contributed by atoms with van der Waals surface area (Å²) in [5.41, 5.74) is 5.39. The van der Waals surface area contributed by atoms with Crippen molar-refractivity contribution in [3.05, 3.63) is 29.6 Å². The van der Waals surface area contributed by atoms with E-state index in [9.17, 15) is 14.0 Å². The van der Waals surface area contributed by atoms with E-state index in [-0.39, 0.29) is 24.2 Å². The number of rotatable bonds is 4. The third kappa shape index (κ3) is 3.23. The normalized spacial score (nSPS) is 9.81. The standard InChI is InChI=1S/C10H11FN2O3/c11-8-5-6(12)1-2-7(8)10(16)13-4-3-9(14)15/h1-2,5H,3-4,12H2,(H,13,16)(H,14,15). The van der Waals surface area contributed by atoms with Gasteiger partial charge >= 0.3 is 5.97 Å². The van der Waals surface area contributed by atoms with Crippen molar-refractivity contribution in [2.24, 2.45) is 0 Å². The van der Waals surface area contributed by atoms with Crippen molar-refractivity contribution in [1.29, 1.82) is 0 Å². The maximum atomic E-state index is 13.2. The molecule has 0 saturated carbocycles. The van der Waals surface area contributed by atoms with E-state index in [1.807, 2.05) is 0 Å². The molecule has 0 aliphatic heterocycles. The lowest BCUT2D eigenvalue weighted by atomic mass is 10.2. The lowest BCUT2D eigenvalue weighted by molar-refractivity contribution is -0.136. The lowest BCUT2D eigenvalue weighted by Crippen LogP contribution is -2.26. The molecular formula is C10H11FN2O3. The number of nitrogens with two attached hydrogens (primary N) is 1. The van der Waals surface area contributed by atoms with Gasteiger partial charge in [-0.2, -0.15) is 0 Å². The first-order valence-electron chi connectivity index (χ1n) is 4.55. The highest BCUT2D eigenvalue weighted by Gasteiger charge is 2.11. The number of nitrogens with one attached hydrogen (secondary N) is 1. The maximum Gasteiger partial charge on any atom is 0.305 e. The zero-order valence-corrected chi connectivity index (χ0v) is 8.37. The minimum absolute atomic E-state index is 0.0437. The smallest absolute Gasteiger partial charge is 0.305 e. The second-order valence-electron chi connectivity index (χ2n) is 3.14. The van der Waals surface area contributed by atoms with Gasteiger partial charge in [0, 0.05) is 12.2 Å². The summed E-state index contributed by atoms with van der Waals surface area (Å²) in [6, 6.07) is 3.68. The fraction of sp³-hybridized carbons (Fsp3) is 0.200. The summed E-state index contributed by atoms with van der Waals surface area (Å²) in [6.45, 7) is -0.0437. The topological polar surface area (TPSA) is 92.4 Å². The highest BCUT2D eigenvalue weighted by molar-refractivity contribution is 5.94. The molecule has 0 fully saturated rings. The number of carbonyl (C=O) groups is 2. The highest BCUT2D eigenvalue weighted by atomic mass is 19.1. The van der Waals surface area contributed by atoms with Gasteiger partial charge < -0.3 is 16.2 Å². The monoisotopic (exact) mass is 226 g/mol. The Morgan fingerprint density at radius 2 is 2.12 bits per heavy atom. The fourth-order valence-electron chi connectivity index (χ4n) is 1.09. The molecule has 0 radical (unpaired) electrons. The van der Waals surface area contributed by atoms with Crippen LogP contribution < -0.4 is 11.1 Å². The molecule has 16 heavy (non-hydrogen) atoms. The van der Waals surface area contributed by atoms with Crippen LogP contribution in [0.3, 0.4) is 0 Å². The van der Waals surface area contributed by atoms with E-state index >= 15 is 0 Å². The van der Waals surface area contributed by atoms with E-state index in [2.05, 4.69) is 5.32 Å². The molecule has 0 aromatic heterocycles. The Morgan fingerprint density at radius 1 is 1.44 bits per heavy atom. The predicted molar refractivity (Wildman–Crippen MR) is 55.4 cm³/mol. The van der Waals surface area contributed by atoms with Crippen molar-refractivity contribution in [3.8, 4) is 0 Å². The first-order chi connectivity index (χ1) is 7.50. The van der Waals surface area contributed by atoms with Crippen LogP contribution in [0.15, 0.2) is 18.2 Å². The van der Waals surface area contributed by atoms with Gasteiger partial charge in [0.25, 0.3) is 5.91 Å². The van der Waals surface area contributed by atoms with Gasteiger partial charge in [-0.25, -0.2) is 4.39 Å². The number of aliphatic carboxylic acids is 1. The molecule has 0 unspecified atom stereocenters. The van der Waals surface area contributed by atoms with Crippen molar-refractivity contribution in [1.82, 2.24) is 5.32 Å². The van der Waals surface area contributed by atoms with Crippen LogP contribution in [-0.2, 0) is 4.79 Å². The third-order valence-corrected chi connectivity index (χ3v) is 1.86. The Hall–Kier alpha value is -2.11. The SMILES string of the molecule is Nc1ccc(C(=O)NCCC(=O)O)c(F)c1. The fourth-order valence-corrected chi connectivity index (χ4v) is 1.09. The first kappa shape index (κ1) is 12.0. The van der Waals surface area contributed by atoms with Gasteiger partial charge in [-0.1, -0.05) is 0 Å².